The van der Waals surface area contributed by atoms with Gasteiger partial charge >= 0.3 is 12.1 Å². The highest BCUT2D eigenvalue weighted by Gasteiger charge is 2.55. The number of likely N-dealkylation sites (N-methyl/N-ethyl adjacent to an activating group) is 2. The number of aromatic nitrogens is 2. The Morgan fingerprint density at radius 1 is 1.26 bits per heavy atom. The van der Waals surface area contributed by atoms with E-state index in [1.807, 2.05) is 17.8 Å². The van der Waals surface area contributed by atoms with Crippen LogP contribution in [-0.2, 0) is 11.8 Å². The Labute approximate surface area is 159 Å². The second-order valence-electron chi connectivity index (χ2n) is 7.41. The predicted molar refractivity (Wildman–Crippen MR) is 98.9 cm³/mol. The van der Waals surface area contributed by atoms with E-state index >= 15 is 0 Å². The fraction of sp³-hybridized carbons (Fsp3) is 0.667. The fourth-order valence-electron chi connectivity index (χ4n) is 4.09. The molecule has 148 valence electrons. The Morgan fingerprint density at radius 2 is 1.93 bits per heavy atom. The topological polar surface area (TPSA) is 90.8 Å². The van der Waals surface area contributed by atoms with Crippen molar-refractivity contribution >= 4 is 18.0 Å². The van der Waals surface area contributed by atoms with E-state index in [0.717, 1.165) is 18.7 Å². The number of likely N-dealkylation sites (tertiary alicyclic amines) is 1. The molecule has 0 unspecified atom stereocenters. The number of urea groups is 2. The Hall–Kier alpha value is -2.58. The maximum absolute atomic E-state index is 12.8. The Kier molecular flexibility index (Phi) is 5.12. The zero-order valence-electron chi connectivity index (χ0n) is 16.4. The van der Waals surface area contributed by atoms with Crippen LogP contribution in [0.25, 0.3) is 0 Å². The lowest BCUT2D eigenvalue weighted by Gasteiger charge is -2.41. The lowest BCUT2D eigenvalue weighted by molar-refractivity contribution is -0.134. The molecule has 0 bridgehead atoms. The molecule has 9 heteroatoms. The van der Waals surface area contributed by atoms with Crippen molar-refractivity contribution in [2.75, 3.05) is 27.2 Å². The lowest BCUT2D eigenvalue weighted by atomic mass is 9.86. The molecule has 27 heavy (non-hydrogen) atoms. The van der Waals surface area contributed by atoms with Gasteiger partial charge in [0.1, 0.15) is 11.4 Å². The molecule has 2 fully saturated rings. The third kappa shape index (κ3) is 3.15. The molecule has 1 spiro atoms. The van der Waals surface area contributed by atoms with Gasteiger partial charge in [0.15, 0.2) is 0 Å². The molecule has 2 aliphatic heterocycles. The summed E-state index contributed by atoms with van der Waals surface area (Å²) in [6.45, 7) is 2.94. The minimum absolute atomic E-state index is 0.151. The summed E-state index contributed by atoms with van der Waals surface area (Å²) in [7, 11) is 5.09. The molecule has 1 aromatic heterocycles. The number of hydrogen-bond donors (Lipinski definition) is 1. The molecule has 5 amide bonds. The van der Waals surface area contributed by atoms with Crippen LogP contribution in [-0.4, -0.2) is 74.9 Å². The number of nitrogens with zero attached hydrogens (tertiary/aromatic N) is 5. The van der Waals surface area contributed by atoms with Crippen LogP contribution in [0.3, 0.4) is 0 Å². The van der Waals surface area contributed by atoms with E-state index < -0.39 is 5.54 Å². The molecular formula is C18H28N6O3. The number of piperidine rings is 1. The number of carbonyl (C=O) groups excluding carboxylic acids is 3. The quantitative estimate of drug-likeness (QED) is 0.803. The number of aryl methyl sites for hydroxylation is 1. The fourth-order valence-corrected chi connectivity index (χ4v) is 4.09. The van der Waals surface area contributed by atoms with E-state index in [4.69, 9.17) is 0 Å². The van der Waals surface area contributed by atoms with Crippen LogP contribution in [0.4, 0.5) is 9.59 Å². The minimum atomic E-state index is -0.814. The molecule has 1 N–H and O–H groups in total. The van der Waals surface area contributed by atoms with E-state index in [1.54, 1.807) is 18.1 Å². The maximum Gasteiger partial charge on any atom is 0.327 e. The minimum Gasteiger partial charge on any atom is -0.336 e. The molecule has 0 saturated carbocycles. The first-order valence-corrected chi connectivity index (χ1v) is 9.40. The third-order valence-electron chi connectivity index (χ3n) is 5.84. The second kappa shape index (κ2) is 7.21. The number of hydrogen-bond acceptors (Lipinski definition) is 4. The van der Waals surface area contributed by atoms with Crippen molar-refractivity contribution in [3.63, 3.8) is 0 Å². The van der Waals surface area contributed by atoms with Crippen molar-refractivity contribution in [3.05, 3.63) is 18.2 Å². The van der Waals surface area contributed by atoms with Gasteiger partial charge in [-0.15, -0.1) is 0 Å². The van der Waals surface area contributed by atoms with Gasteiger partial charge in [-0.05, 0) is 19.3 Å². The van der Waals surface area contributed by atoms with Crippen LogP contribution in [0.15, 0.2) is 12.4 Å². The van der Waals surface area contributed by atoms with E-state index in [1.165, 1.54) is 16.8 Å². The van der Waals surface area contributed by atoms with Gasteiger partial charge in [-0.1, -0.05) is 13.3 Å². The first kappa shape index (κ1) is 19.2. The van der Waals surface area contributed by atoms with Crippen LogP contribution in [0.5, 0.6) is 0 Å². The Bertz CT molecular complexity index is 737. The van der Waals surface area contributed by atoms with Gasteiger partial charge in [0.25, 0.3) is 5.91 Å². The monoisotopic (exact) mass is 376 g/mol. The predicted octanol–water partition coefficient (Wildman–Crippen LogP) is 1.33. The summed E-state index contributed by atoms with van der Waals surface area (Å²) >= 11 is 0. The van der Waals surface area contributed by atoms with Crippen molar-refractivity contribution < 1.29 is 14.4 Å². The molecule has 0 aromatic carbocycles. The van der Waals surface area contributed by atoms with Crippen LogP contribution in [0, 0.1) is 0 Å². The van der Waals surface area contributed by atoms with E-state index in [2.05, 4.69) is 17.2 Å². The van der Waals surface area contributed by atoms with Crippen molar-refractivity contribution in [3.8, 4) is 0 Å². The lowest BCUT2D eigenvalue weighted by Crippen LogP contribution is -2.57. The molecule has 2 saturated heterocycles. The summed E-state index contributed by atoms with van der Waals surface area (Å²) < 4.78 is 1.92. The first-order valence-electron chi connectivity index (χ1n) is 9.40. The van der Waals surface area contributed by atoms with Gasteiger partial charge in [0, 0.05) is 46.6 Å². The summed E-state index contributed by atoms with van der Waals surface area (Å²) in [5, 5.41) is 3.08. The van der Waals surface area contributed by atoms with Gasteiger partial charge < -0.3 is 19.7 Å². The summed E-state index contributed by atoms with van der Waals surface area (Å²) in [6.07, 6.45) is 6.22. The van der Waals surface area contributed by atoms with Crippen LogP contribution < -0.4 is 5.32 Å². The van der Waals surface area contributed by atoms with Gasteiger partial charge in [-0.25, -0.2) is 14.6 Å². The van der Waals surface area contributed by atoms with Gasteiger partial charge in [-0.3, -0.25) is 9.69 Å². The SMILES string of the molecule is CCC[C@@H](NC(=O)N1CCC2(CC1)C(=O)N(C)C(=O)N2C)c1nccn1C. The van der Waals surface area contributed by atoms with E-state index in [0.29, 0.717) is 25.9 Å². The van der Waals surface area contributed by atoms with Crippen LogP contribution in [0.2, 0.25) is 0 Å². The largest absolute Gasteiger partial charge is 0.336 e. The molecule has 1 aromatic rings. The summed E-state index contributed by atoms with van der Waals surface area (Å²) in [5.74, 6) is 0.656. The van der Waals surface area contributed by atoms with Crippen molar-refractivity contribution in [1.29, 1.82) is 0 Å². The average molecular weight is 376 g/mol. The van der Waals surface area contributed by atoms with Crippen molar-refractivity contribution in [2.45, 2.75) is 44.2 Å². The van der Waals surface area contributed by atoms with Gasteiger partial charge in [0.05, 0.1) is 6.04 Å². The third-order valence-corrected chi connectivity index (χ3v) is 5.84. The smallest absolute Gasteiger partial charge is 0.327 e. The molecule has 2 aliphatic rings. The molecule has 3 rings (SSSR count). The zero-order valence-corrected chi connectivity index (χ0v) is 16.4. The molecule has 1 atom stereocenters. The van der Waals surface area contributed by atoms with Gasteiger partial charge in [-0.2, -0.15) is 0 Å². The highest BCUT2D eigenvalue weighted by molar-refractivity contribution is 6.06. The number of imide groups is 1. The number of nitrogens with one attached hydrogen (secondary N) is 1. The first-order chi connectivity index (χ1) is 12.8. The van der Waals surface area contributed by atoms with Gasteiger partial charge in [0.2, 0.25) is 0 Å². The second-order valence-corrected chi connectivity index (χ2v) is 7.41. The molecule has 0 aliphatic carbocycles. The highest BCUT2D eigenvalue weighted by Crippen LogP contribution is 2.35. The van der Waals surface area contributed by atoms with Crippen LogP contribution >= 0.6 is 0 Å². The standard InChI is InChI=1S/C18H28N6O3/c1-5-6-13(14-19-9-12-21(14)2)20-16(26)24-10-7-18(8-11-24)15(25)22(3)17(27)23(18)4/h9,12-13H,5-8,10-11H2,1-4H3,(H,20,26)/t13-/m1/s1. The normalized spacial score (nSPS) is 20.5. The van der Waals surface area contributed by atoms with Crippen LogP contribution in [0.1, 0.15) is 44.5 Å². The average Bonchev–Trinajstić information content (AvgIpc) is 3.15. The van der Waals surface area contributed by atoms with Crippen molar-refractivity contribution in [1.82, 2.24) is 29.6 Å². The zero-order chi connectivity index (χ0) is 19.8. The maximum atomic E-state index is 12.8. The Morgan fingerprint density at radius 3 is 2.41 bits per heavy atom. The molecule has 3 heterocycles. The summed E-state index contributed by atoms with van der Waals surface area (Å²) in [6, 6.07) is -0.586. The Balaban J connectivity index is 1.65. The molecular weight excluding hydrogens is 348 g/mol. The molecule has 9 nitrogen and oxygen atoms in total. The number of imidazole rings is 1. The van der Waals surface area contributed by atoms with E-state index in [-0.39, 0.29) is 24.0 Å². The number of carbonyl (C=O) groups is 3. The molecule has 0 radical (unpaired) electrons. The van der Waals surface area contributed by atoms with E-state index in [9.17, 15) is 14.4 Å². The summed E-state index contributed by atoms with van der Waals surface area (Å²) in [4.78, 5) is 46.3. The number of rotatable bonds is 4. The van der Waals surface area contributed by atoms with Crippen molar-refractivity contribution in [2.24, 2.45) is 7.05 Å². The summed E-state index contributed by atoms with van der Waals surface area (Å²) in [5.41, 5.74) is -0.814. The highest BCUT2D eigenvalue weighted by atomic mass is 16.2. The number of amides is 5.